The van der Waals surface area contributed by atoms with Gasteiger partial charge in [-0.25, -0.2) is 0 Å². The largest absolute Gasteiger partial charge is 0.457 e. The van der Waals surface area contributed by atoms with Gasteiger partial charge in [0.1, 0.15) is 11.5 Å². The normalized spacial score (nSPS) is 10.3. The van der Waals surface area contributed by atoms with Crippen molar-refractivity contribution in [3.05, 3.63) is 84.4 Å². The summed E-state index contributed by atoms with van der Waals surface area (Å²) in [7, 11) is 3.50. The summed E-state index contributed by atoms with van der Waals surface area (Å²) >= 11 is 0. The first-order valence-corrected chi connectivity index (χ1v) is 10.2. The van der Waals surface area contributed by atoms with Crippen molar-refractivity contribution in [2.75, 3.05) is 31.3 Å². The van der Waals surface area contributed by atoms with E-state index in [9.17, 15) is 9.59 Å². The molecule has 0 aliphatic carbocycles. The lowest BCUT2D eigenvalue weighted by atomic mass is 10.1. The molecule has 0 saturated heterocycles. The fourth-order valence-corrected chi connectivity index (χ4v) is 2.88. The van der Waals surface area contributed by atoms with Crippen LogP contribution in [0.1, 0.15) is 12.0 Å². The maximum Gasteiger partial charge on any atom is 0.243 e. The van der Waals surface area contributed by atoms with Crippen molar-refractivity contribution in [2.45, 2.75) is 12.8 Å². The average Bonchev–Trinajstić information content (AvgIpc) is 2.78. The molecule has 0 bridgehead atoms. The molecule has 0 radical (unpaired) electrons. The van der Waals surface area contributed by atoms with Gasteiger partial charge in [0.05, 0.1) is 6.54 Å². The fraction of sp³-hybridized carbons (Fsp3) is 0.200. The first-order chi connectivity index (χ1) is 15.0. The molecule has 2 amide bonds. The van der Waals surface area contributed by atoms with Crippen molar-refractivity contribution in [1.82, 2.24) is 4.90 Å². The fourth-order valence-electron chi connectivity index (χ4n) is 2.88. The smallest absolute Gasteiger partial charge is 0.243 e. The first-order valence-electron chi connectivity index (χ1n) is 10.2. The number of para-hydroxylation sites is 1. The van der Waals surface area contributed by atoms with Crippen molar-refractivity contribution in [2.24, 2.45) is 0 Å². The van der Waals surface area contributed by atoms with Crippen molar-refractivity contribution in [1.29, 1.82) is 0 Å². The molecule has 0 unspecified atom stereocenters. The van der Waals surface area contributed by atoms with Crippen LogP contribution in [0.15, 0.2) is 78.9 Å². The zero-order valence-electron chi connectivity index (χ0n) is 17.8. The molecule has 3 aromatic rings. The zero-order chi connectivity index (χ0) is 22.1. The van der Waals surface area contributed by atoms with Gasteiger partial charge in [0.15, 0.2) is 0 Å². The number of amides is 2. The van der Waals surface area contributed by atoms with Crippen LogP contribution in [0.2, 0.25) is 0 Å². The lowest BCUT2D eigenvalue weighted by molar-refractivity contribution is -0.128. The number of rotatable bonds is 9. The number of benzene rings is 3. The molecule has 0 aliphatic heterocycles. The molecule has 0 fully saturated rings. The van der Waals surface area contributed by atoms with Crippen LogP contribution < -0.4 is 15.4 Å². The minimum Gasteiger partial charge on any atom is -0.457 e. The summed E-state index contributed by atoms with van der Waals surface area (Å²) in [5, 5.41) is 5.97. The van der Waals surface area contributed by atoms with E-state index in [4.69, 9.17) is 4.74 Å². The Hall–Kier alpha value is -3.80. The molecule has 0 heterocycles. The Bertz CT molecular complexity index is 985. The third-order valence-corrected chi connectivity index (χ3v) is 4.65. The van der Waals surface area contributed by atoms with E-state index in [2.05, 4.69) is 10.6 Å². The topological polar surface area (TPSA) is 70.7 Å². The highest BCUT2D eigenvalue weighted by molar-refractivity contribution is 5.93. The molecule has 0 saturated carbocycles. The first kappa shape index (κ1) is 21.9. The predicted octanol–water partition coefficient (Wildman–Crippen LogP) is 4.55. The van der Waals surface area contributed by atoms with Gasteiger partial charge < -0.3 is 20.3 Å². The van der Waals surface area contributed by atoms with E-state index in [1.807, 2.05) is 78.9 Å². The minimum absolute atomic E-state index is 0.100. The number of hydrogen-bond donors (Lipinski definition) is 2. The van der Waals surface area contributed by atoms with Gasteiger partial charge in [-0.3, -0.25) is 9.59 Å². The van der Waals surface area contributed by atoms with E-state index in [1.54, 1.807) is 19.0 Å². The molecule has 0 atom stereocenters. The molecule has 6 heteroatoms. The molecule has 2 N–H and O–H groups in total. The number of hydrogen-bond acceptors (Lipinski definition) is 4. The van der Waals surface area contributed by atoms with Gasteiger partial charge in [0.25, 0.3) is 0 Å². The van der Waals surface area contributed by atoms with Crippen LogP contribution in [0.4, 0.5) is 11.4 Å². The second-order valence-electron chi connectivity index (χ2n) is 7.33. The van der Waals surface area contributed by atoms with Crippen LogP contribution in [0.5, 0.6) is 11.5 Å². The summed E-state index contributed by atoms with van der Waals surface area (Å²) in [5.74, 6) is 1.47. The second kappa shape index (κ2) is 10.8. The SMILES string of the molecule is CN(C)C(=O)CCc1ccc(NC(=O)CNc2ccc(Oc3ccccc3)cc2)cc1. The zero-order valence-corrected chi connectivity index (χ0v) is 17.8. The maximum absolute atomic E-state index is 12.2. The van der Waals surface area contributed by atoms with E-state index >= 15 is 0 Å². The molecule has 6 nitrogen and oxygen atoms in total. The molecule has 0 aliphatic rings. The number of aryl methyl sites for hydroxylation is 1. The Morgan fingerprint density at radius 1 is 0.806 bits per heavy atom. The van der Waals surface area contributed by atoms with Gasteiger partial charge in [-0.1, -0.05) is 30.3 Å². The molecule has 3 aromatic carbocycles. The number of anilines is 2. The van der Waals surface area contributed by atoms with E-state index in [-0.39, 0.29) is 18.4 Å². The molecule has 160 valence electrons. The molecule has 3 rings (SSSR count). The van der Waals surface area contributed by atoms with Crippen molar-refractivity contribution >= 4 is 23.2 Å². The summed E-state index contributed by atoms with van der Waals surface area (Å²) in [5.41, 5.74) is 2.61. The van der Waals surface area contributed by atoms with E-state index in [0.717, 1.165) is 28.4 Å². The Morgan fingerprint density at radius 2 is 1.42 bits per heavy atom. The molecule has 0 aromatic heterocycles. The van der Waals surface area contributed by atoms with E-state index in [0.29, 0.717) is 12.8 Å². The Kier molecular flexibility index (Phi) is 7.65. The van der Waals surface area contributed by atoms with Gasteiger partial charge in [0, 0.05) is 31.9 Å². The maximum atomic E-state index is 12.2. The van der Waals surface area contributed by atoms with Crippen molar-refractivity contribution in [3.8, 4) is 11.5 Å². The van der Waals surface area contributed by atoms with Gasteiger partial charge in [-0.05, 0) is 60.5 Å². The molecular weight excluding hydrogens is 390 g/mol. The van der Waals surface area contributed by atoms with Crippen LogP contribution in [0.25, 0.3) is 0 Å². The number of carbonyl (C=O) groups excluding carboxylic acids is 2. The van der Waals surface area contributed by atoms with Crippen LogP contribution >= 0.6 is 0 Å². The third kappa shape index (κ3) is 7.19. The lowest BCUT2D eigenvalue weighted by Crippen LogP contribution is -2.22. The van der Waals surface area contributed by atoms with Crippen LogP contribution in [-0.2, 0) is 16.0 Å². The number of nitrogens with zero attached hydrogens (tertiary/aromatic N) is 1. The summed E-state index contributed by atoms with van der Waals surface area (Å²) in [4.78, 5) is 25.5. The highest BCUT2D eigenvalue weighted by Crippen LogP contribution is 2.22. The molecular formula is C25H27N3O3. The summed E-state index contributed by atoms with van der Waals surface area (Å²) in [6, 6.07) is 24.6. The average molecular weight is 418 g/mol. The van der Waals surface area contributed by atoms with E-state index < -0.39 is 0 Å². The molecule has 0 spiro atoms. The Morgan fingerprint density at radius 3 is 2.06 bits per heavy atom. The van der Waals surface area contributed by atoms with E-state index in [1.165, 1.54) is 0 Å². The summed E-state index contributed by atoms with van der Waals surface area (Å²) < 4.78 is 5.76. The van der Waals surface area contributed by atoms with Gasteiger partial charge in [-0.2, -0.15) is 0 Å². The summed E-state index contributed by atoms with van der Waals surface area (Å²) in [6.45, 7) is 0.151. The van der Waals surface area contributed by atoms with Gasteiger partial charge in [-0.15, -0.1) is 0 Å². The second-order valence-corrected chi connectivity index (χ2v) is 7.33. The lowest BCUT2D eigenvalue weighted by Gasteiger charge is -2.11. The van der Waals surface area contributed by atoms with Gasteiger partial charge >= 0.3 is 0 Å². The van der Waals surface area contributed by atoms with Crippen LogP contribution in [0.3, 0.4) is 0 Å². The standard InChI is InChI=1S/C25H27N3O3/c1-28(2)25(30)17-10-19-8-11-21(12-9-19)27-24(29)18-26-20-13-15-23(16-14-20)31-22-6-4-3-5-7-22/h3-9,11-16,26H,10,17-18H2,1-2H3,(H,27,29). The monoisotopic (exact) mass is 417 g/mol. The number of carbonyl (C=O) groups is 2. The predicted molar refractivity (Wildman–Crippen MR) is 124 cm³/mol. The Labute approximate surface area is 182 Å². The Balaban J connectivity index is 1.43. The highest BCUT2D eigenvalue weighted by atomic mass is 16.5. The van der Waals surface area contributed by atoms with Crippen molar-refractivity contribution in [3.63, 3.8) is 0 Å². The number of ether oxygens (including phenoxy) is 1. The highest BCUT2D eigenvalue weighted by Gasteiger charge is 2.06. The minimum atomic E-state index is -0.139. The van der Waals surface area contributed by atoms with Gasteiger partial charge in [0.2, 0.25) is 11.8 Å². The quantitative estimate of drug-likeness (QED) is 0.536. The number of nitrogens with one attached hydrogen (secondary N) is 2. The molecule has 31 heavy (non-hydrogen) atoms. The van der Waals surface area contributed by atoms with Crippen molar-refractivity contribution < 1.29 is 14.3 Å². The third-order valence-electron chi connectivity index (χ3n) is 4.65. The summed E-state index contributed by atoms with van der Waals surface area (Å²) in [6.07, 6.45) is 1.15. The van der Waals surface area contributed by atoms with Crippen LogP contribution in [-0.4, -0.2) is 37.4 Å². The van der Waals surface area contributed by atoms with Crippen LogP contribution in [0, 0.1) is 0 Å².